The van der Waals surface area contributed by atoms with Crippen LogP contribution in [0.4, 0.5) is 0 Å². The Bertz CT molecular complexity index is 1110. The SMILES string of the molecule is CCC(NC(=O)c1ccc(SCc2cccnc2)cc1)c1ncc(-c2ccccc2)[nH]1. The van der Waals surface area contributed by atoms with Crippen LogP contribution in [0.3, 0.4) is 0 Å². The normalized spacial score (nSPS) is 11.8. The first-order chi connectivity index (χ1) is 15.2. The molecule has 0 fully saturated rings. The molecule has 156 valence electrons. The van der Waals surface area contributed by atoms with Gasteiger partial charge in [0.25, 0.3) is 5.91 Å². The van der Waals surface area contributed by atoms with E-state index in [1.807, 2.05) is 80.0 Å². The Kier molecular flexibility index (Phi) is 6.79. The van der Waals surface area contributed by atoms with Crippen molar-refractivity contribution in [3.63, 3.8) is 0 Å². The van der Waals surface area contributed by atoms with Crippen molar-refractivity contribution in [1.82, 2.24) is 20.3 Å². The Labute approximate surface area is 186 Å². The number of rotatable bonds is 8. The zero-order valence-corrected chi connectivity index (χ0v) is 18.1. The van der Waals surface area contributed by atoms with Crippen molar-refractivity contribution in [2.45, 2.75) is 30.0 Å². The highest BCUT2D eigenvalue weighted by molar-refractivity contribution is 7.98. The summed E-state index contributed by atoms with van der Waals surface area (Å²) < 4.78 is 0. The number of nitrogens with one attached hydrogen (secondary N) is 2. The summed E-state index contributed by atoms with van der Waals surface area (Å²) >= 11 is 1.72. The van der Waals surface area contributed by atoms with E-state index in [4.69, 9.17) is 0 Å². The fourth-order valence-corrected chi connectivity index (χ4v) is 4.07. The van der Waals surface area contributed by atoms with Crippen LogP contribution in [0.2, 0.25) is 0 Å². The lowest BCUT2D eigenvalue weighted by atomic mass is 10.1. The van der Waals surface area contributed by atoms with Crippen molar-refractivity contribution >= 4 is 17.7 Å². The van der Waals surface area contributed by atoms with Crippen molar-refractivity contribution < 1.29 is 4.79 Å². The summed E-state index contributed by atoms with van der Waals surface area (Å²) in [6.07, 6.45) is 6.20. The zero-order valence-electron chi connectivity index (χ0n) is 17.3. The maximum absolute atomic E-state index is 12.8. The topological polar surface area (TPSA) is 70.7 Å². The third-order valence-corrected chi connectivity index (χ3v) is 6.05. The van der Waals surface area contributed by atoms with Crippen LogP contribution in [0.25, 0.3) is 11.3 Å². The lowest BCUT2D eigenvalue weighted by molar-refractivity contribution is 0.0934. The second kappa shape index (κ2) is 10.1. The minimum atomic E-state index is -0.176. The number of thioether (sulfide) groups is 1. The highest BCUT2D eigenvalue weighted by atomic mass is 32.2. The second-order valence-electron chi connectivity index (χ2n) is 7.16. The van der Waals surface area contributed by atoms with E-state index in [1.165, 1.54) is 5.56 Å². The number of imidazole rings is 1. The number of aromatic nitrogens is 3. The van der Waals surface area contributed by atoms with Crippen molar-refractivity contribution in [2.24, 2.45) is 0 Å². The van der Waals surface area contributed by atoms with E-state index < -0.39 is 0 Å². The van der Waals surface area contributed by atoms with Gasteiger partial charge in [0.1, 0.15) is 5.82 Å². The fourth-order valence-electron chi connectivity index (χ4n) is 3.24. The van der Waals surface area contributed by atoms with Crippen LogP contribution in [0.15, 0.2) is 90.2 Å². The number of pyridine rings is 1. The van der Waals surface area contributed by atoms with Crippen molar-refractivity contribution in [2.75, 3.05) is 0 Å². The van der Waals surface area contributed by atoms with Crippen LogP contribution in [0.5, 0.6) is 0 Å². The van der Waals surface area contributed by atoms with Gasteiger partial charge in [0, 0.05) is 28.6 Å². The smallest absolute Gasteiger partial charge is 0.251 e. The number of carbonyl (C=O) groups is 1. The standard InChI is InChI=1S/C25H24N4OS/c1-2-22(24-27-16-23(28-24)19-8-4-3-5-9-19)29-25(30)20-10-12-21(13-11-20)31-17-18-7-6-14-26-15-18/h3-16,22H,2,17H2,1H3,(H,27,28)(H,29,30). The van der Waals surface area contributed by atoms with Gasteiger partial charge < -0.3 is 10.3 Å². The molecule has 1 atom stereocenters. The van der Waals surface area contributed by atoms with Gasteiger partial charge in [-0.25, -0.2) is 4.98 Å². The molecule has 6 heteroatoms. The third kappa shape index (κ3) is 5.41. The van der Waals surface area contributed by atoms with Crippen molar-refractivity contribution in [3.05, 3.63) is 102 Å². The highest BCUT2D eigenvalue weighted by Crippen LogP contribution is 2.24. The molecule has 1 unspecified atom stereocenters. The maximum atomic E-state index is 12.8. The lowest BCUT2D eigenvalue weighted by Crippen LogP contribution is -2.28. The largest absolute Gasteiger partial charge is 0.342 e. The molecule has 0 aliphatic heterocycles. The quantitative estimate of drug-likeness (QED) is 0.356. The van der Waals surface area contributed by atoms with Gasteiger partial charge in [-0.3, -0.25) is 9.78 Å². The maximum Gasteiger partial charge on any atom is 0.251 e. The van der Waals surface area contributed by atoms with Gasteiger partial charge in [0.15, 0.2) is 0 Å². The third-order valence-electron chi connectivity index (χ3n) is 4.97. The molecule has 4 rings (SSSR count). The number of benzene rings is 2. The molecular weight excluding hydrogens is 404 g/mol. The number of hydrogen-bond acceptors (Lipinski definition) is 4. The minimum Gasteiger partial charge on any atom is -0.342 e. The molecule has 31 heavy (non-hydrogen) atoms. The molecule has 2 N–H and O–H groups in total. The molecule has 0 spiro atoms. The minimum absolute atomic E-state index is 0.103. The Balaban J connectivity index is 1.38. The Morgan fingerprint density at radius 3 is 2.55 bits per heavy atom. The molecule has 0 bridgehead atoms. The monoisotopic (exact) mass is 428 g/mol. The van der Waals surface area contributed by atoms with E-state index in [0.717, 1.165) is 34.2 Å². The van der Waals surface area contributed by atoms with Crippen LogP contribution in [-0.4, -0.2) is 20.9 Å². The number of carbonyl (C=O) groups excluding carboxylic acids is 1. The van der Waals surface area contributed by atoms with Gasteiger partial charge in [-0.05, 0) is 47.9 Å². The van der Waals surface area contributed by atoms with Crippen molar-refractivity contribution in [1.29, 1.82) is 0 Å². The van der Waals surface area contributed by atoms with Gasteiger partial charge in [-0.1, -0.05) is 43.3 Å². The molecule has 0 saturated heterocycles. The average molecular weight is 429 g/mol. The summed E-state index contributed by atoms with van der Waals surface area (Å²) in [6.45, 7) is 2.04. The van der Waals surface area contributed by atoms with Gasteiger partial charge in [-0.15, -0.1) is 11.8 Å². The van der Waals surface area contributed by atoms with Gasteiger partial charge in [-0.2, -0.15) is 0 Å². The summed E-state index contributed by atoms with van der Waals surface area (Å²) in [5.74, 6) is 1.51. The van der Waals surface area contributed by atoms with Crippen LogP contribution in [-0.2, 0) is 5.75 Å². The van der Waals surface area contributed by atoms with Crippen LogP contribution < -0.4 is 5.32 Å². The molecule has 0 radical (unpaired) electrons. The zero-order chi connectivity index (χ0) is 21.5. The summed E-state index contributed by atoms with van der Waals surface area (Å²) in [5.41, 5.74) is 3.83. The summed E-state index contributed by atoms with van der Waals surface area (Å²) in [4.78, 5) is 25.9. The summed E-state index contributed by atoms with van der Waals surface area (Å²) in [7, 11) is 0. The molecular formula is C25H24N4OS. The predicted molar refractivity (Wildman–Crippen MR) is 125 cm³/mol. The Morgan fingerprint density at radius 1 is 1.03 bits per heavy atom. The second-order valence-corrected chi connectivity index (χ2v) is 8.21. The molecule has 2 aromatic carbocycles. The number of amides is 1. The molecule has 5 nitrogen and oxygen atoms in total. The predicted octanol–water partition coefficient (Wildman–Crippen LogP) is 5.65. The van der Waals surface area contributed by atoms with E-state index >= 15 is 0 Å². The molecule has 4 aromatic rings. The van der Waals surface area contributed by atoms with Gasteiger partial charge in [0.05, 0.1) is 17.9 Å². The van der Waals surface area contributed by atoms with Crippen LogP contribution in [0, 0.1) is 0 Å². The fraction of sp³-hybridized carbons (Fsp3) is 0.160. The number of aromatic amines is 1. The first-order valence-electron chi connectivity index (χ1n) is 10.3. The number of H-pyrrole nitrogens is 1. The van der Waals surface area contributed by atoms with Crippen molar-refractivity contribution in [3.8, 4) is 11.3 Å². The van der Waals surface area contributed by atoms with Gasteiger partial charge >= 0.3 is 0 Å². The first-order valence-corrected chi connectivity index (χ1v) is 11.2. The number of nitrogens with zero attached hydrogens (tertiary/aromatic N) is 2. The molecule has 0 saturated carbocycles. The first kappa shape index (κ1) is 20.9. The molecule has 2 aromatic heterocycles. The Hall–Kier alpha value is -3.38. The summed E-state index contributed by atoms with van der Waals surface area (Å²) in [5, 5.41) is 3.09. The molecule has 1 amide bonds. The van der Waals surface area contributed by atoms with E-state index in [1.54, 1.807) is 18.0 Å². The van der Waals surface area contributed by atoms with Crippen LogP contribution in [0.1, 0.15) is 41.1 Å². The molecule has 0 aliphatic rings. The molecule has 2 heterocycles. The van der Waals surface area contributed by atoms with Gasteiger partial charge in [0.2, 0.25) is 0 Å². The van der Waals surface area contributed by atoms with E-state index in [2.05, 4.69) is 26.3 Å². The highest BCUT2D eigenvalue weighted by Gasteiger charge is 2.17. The number of hydrogen-bond donors (Lipinski definition) is 2. The van der Waals surface area contributed by atoms with E-state index in [-0.39, 0.29) is 11.9 Å². The van der Waals surface area contributed by atoms with E-state index in [0.29, 0.717) is 5.56 Å². The lowest BCUT2D eigenvalue weighted by Gasteiger charge is -2.15. The van der Waals surface area contributed by atoms with E-state index in [9.17, 15) is 4.79 Å². The van der Waals surface area contributed by atoms with Crippen LogP contribution >= 0.6 is 11.8 Å². The summed E-state index contributed by atoms with van der Waals surface area (Å²) in [6, 6.07) is 21.6. The Morgan fingerprint density at radius 2 is 1.84 bits per heavy atom. The molecule has 0 aliphatic carbocycles. The average Bonchev–Trinajstić information content (AvgIpc) is 3.33.